The monoisotopic (exact) mass is 384 g/mol. The Labute approximate surface area is 163 Å². The lowest BCUT2D eigenvalue weighted by Crippen LogP contribution is -2.46. The highest BCUT2D eigenvalue weighted by Gasteiger charge is 2.33. The Kier molecular flexibility index (Phi) is 6.03. The first-order valence-corrected chi connectivity index (χ1v) is 9.11. The molecule has 2 aromatic carbocycles. The van der Waals surface area contributed by atoms with E-state index < -0.39 is 5.97 Å². The number of aliphatic carboxylic acids is 1. The van der Waals surface area contributed by atoms with E-state index in [-0.39, 0.29) is 25.0 Å². The standard InChI is InChI=1S/C21H24N2O5/c1-27-17-12-15-9-11-23(21(26)22-10-8-19(24)25)20(14-6-4-3-5-7-14)16(15)13-18(17)28-2/h3-7,12-13,20H,8-11H2,1-2H3,(H,22,26)(H,24,25)/t20-/m1/s1. The highest BCUT2D eigenvalue weighted by molar-refractivity contribution is 5.77. The zero-order chi connectivity index (χ0) is 20.1. The molecule has 7 heteroatoms. The van der Waals surface area contributed by atoms with Crippen molar-refractivity contribution in [3.8, 4) is 11.5 Å². The number of carboxylic acids is 1. The Bertz CT molecular complexity index is 853. The Balaban J connectivity index is 1.99. The number of nitrogens with one attached hydrogen (secondary N) is 1. The van der Waals surface area contributed by atoms with Crippen molar-refractivity contribution in [1.29, 1.82) is 0 Å². The van der Waals surface area contributed by atoms with Crippen molar-refractivity contribution in [2.45, 2.75) is 18.9 Å². The van der Waals surface area contributed by atoms with Crippen LogP contribution in [0.2, 0.25) is 0 Å². The molecule has 0 saturated carbocycles. The molecule has 2 N–H and O–H groups in total. The lowest BCUT2D eigenvalue weighted by molar-refractivity contribution is -0.136. The molecule has 0 spiro atoms. The van der Waals surface area contributed by atoms with Crippen molar-refractivity contribution in [3.63, 3.8) is 0 Å². The van der Waals surface area contributed by atoms with Crippen LogP contribution in [0.4, 0.5) is 4.79 Å². The fraction of sp³-hybridized carbons (Fsp3) is 0.333. The first-order valence-electron chi connectivity index (χ1n) is 9.11. The third kappa shape index (κ3) is 4.03. The van der Waals surface area contributed by atoms with E-state index in [0.717, 1.165) is 16.7 Å². The number of carbonyl (C=O) groups is 2. The van der Waals surface area contributed by atoms with Crippen LogP contribution in [0.5, 0.6) is 11.5 Å². The van der Waals surface area contributed by atoms with Crippen LogP contribution in [0.25, 0.3) is 0 Å². The fourth-order valence-electron chi connectivity index (χ4n) is 3.54. The number of nitrogens with zero attached hydrogens (tertiary/aromatic N) is 1. The first-order chi connectivity index (χ1) is 13.5. The molecule has 28 heavy (non-hydrogen) atoms. The van der Waals surface area contributed by atoms with Crippen LogP contribution < -0.4 is 14.8 Å². The molecular weight excluding hydrogens is 360 g/mol. The topological polar surface area (TPSA) is 88.1 Å². The van der Waals surface area contributed by atoms with Gasteiger partial charge in [0.05, 0.1) is 26.7 Å². The molecule has 0 aromatic heterocycles. The van der Waals surface area contributed by atoms with Gasteiger partial charge in [0.1, 0.15) is 0 Å². The van der Waals surface area contributed by atoms with Gasteiger partial charge in [-0.15, -0.1) is 0 Å². The van der Waals surface area contributed by atoms with Crippen LogP contribution in [-0.4, -0.2) is 49.3 Å². The minimum absolute atomic E-state index is 0.0883. The summed E-state index contributed by atoms with van der Waals surface area (Å²) in [6.45, 7) is 0.603. The van der Waals surface area contributed by atoms with Crippen LogP contribution in [0.1, 0.15) is 29.2 Å². The van der Waals surface area contributed by atoms with Gasteiger partial charge in [-0.05, 0) is 35.2 Å². The Morgan fingerprint density at radius 2 is 1.82 bits per heavy atom. The van der Waals surface area contributed by atoms with Crippen molar-refractivity contribution < 1.29 is 24.2 Å². The number of hydrogen-bond donors (Lipinski definition) is 2. The van der Waals surface area contributed by atoms with Gasteiger partial charge < -0.3 is 24.8 Å². The Morgan fingerprint density at radius 3 is 2.46 bits per heavy atom. The van der Waals surface area contributed by atoms with Crippen LogP contribution in [-0.2, 0) is 11.2 Å². The van der Waals surface area contributed by atoms with Gasteiger partial charge in [0.2, 0.25) is 0 Å². The number of benzene rings is 2. The molecule has 3 rings (SSSR count). The van der Waals surface area contributed by atoms with E-state index in [4.69, 9.17) is 14.6 Å². The molecule has 1 atom stereocenters. The number of amides is 2. The second-order valence-corrected chi connectivity index (χ2v) is 6.54. The van der Waals surface area contributed by atoms with E-state index in [0.29, 0.717) is 24.5 Å². The summed E-state index contributed by atoms with van der Waals surface area (Å²) in [6, 6.07) is 13.1. The van der Waals surface area contributed by atoms with E-state index in [1.807, 2.05) is 42.5 Å². The average Bonchev–Trinajstić information content (AvgIpc) is 2.72. The third-order valence-electron chi connectivity index (χ3n) is 4.86. The Morgan fingerprint density at radius 1 is 1.14 bits per heavy atom. The van der Waals surface area contributed by atoms with Gasteiger partial charge in [-0.2, -0.15) is 0 Å². The smallest absolute Gasteiger partial charge is 0.318 e. The third-order valence-corrected chi connectivity index (χ3v) is 4.86. The molecule has 7 nitrogen and oxygen atoms in total. The number of fused-ring (bicyclic) bond motifs is 1. The van der Waals surface area contributed by atoms with E-state index in [2.05, 4.69) is 5.32 Å². The van der Waals surface area contributed by atoms with Crippen molar-refractivity contribution in [3.05, 3.63) is 59.2 Å². The predicted octanol–water partition coefficient (Wildman–Crippen LogP) is 2.84. The highest BCUT2D eigenvalue weighted by atomic mass is 16.5. The van der Waals surface area contributed by atoms with Gasteiger partial charge in [0.15, 0.2) is 11.5 Å². The van der Waals surface area contributed by atoms with E-state index in [9.17, 15) is 9.59 Å². The summed E-state index contributed by atoms with van der Waals surface area (Å²) in [5, 5.41) is 11.5. The Hall–Kier alpha value is -3.22. The molecule has 148 valence electrons. The maximum absolute atomic E-state index is 12.8. The number of carboxylic acid groups (broad SMARTS) is 1. The second-order valence-electron chi connectivity index (χ2n) is 6.54. The SMILES string of the molecule is COc1cc2c(cc1OC)[C@@H](c1ccccc1)N(C(=O)NCCC(=O)O)CC2. The summed E-state index contributed by atoms with van der Waals surface area (Å²) in [7, 11) is 3.19. The fourth-order valence-corrected chi connectivity index (χ4v) is 3.54. The normalized spacial score (nSPS) is 15.5. The molecule has 1 aliphatic heterocycles. The summed E-state index contributed by atoms with van der Waals surface area (Å²) in [4.78, 5) is 25.3. The van der Waals surface area contributed by atoms with E-state index in [1.165, 1.54) is 0 Å². The molecular formula is C21H24N2O5. The highest BCUT2D eigenvalue weighted by Crippen LogP contribution is 2.40. The van der Waals surface area contributed by atoms with Gasteiger partial charge in [-0.3, -0.25) is 4.79 Å². The molecule has 2 aromatic rings. The predicted molar refractivity (Wildman–Crippen MR) is 104 cm³/mol. The van der Waals surface area contributed by atoms with E-state index >= 15 is 0 Å². The zero-order valence-electron chi connectivity index (χ0n) is 16.0. The summed E-state index contributed by atoms with van der Waals surface area (Å²) in [6.07, 6.45) is 0.558. The zero-order valence-corrected chi connectivity index (χ0v) is 16.0. The minimum atomic E-state index is -0.944. The molecule has 0 unspecified atom stereocenters. The number of carbonyl (C=O) groups excluding carboxylic acids is 1. The van der Waals surface area contributed by atoms with Crippen molar-refractivity contribution in [1.82, 2.24) is 10.2 Å². The van der Waals surface area contributed by atoms with Crippen LogP contribution in [0, 0.1) is 0 Å². The number of methoxy groups -OCH3 is 2. The summed E-state index contributed by atoms with van der Waals surface area (Å²) < 4.78 is 10.9. The van der Waals surface area contributed by atoms with E-state index in [1.54, 1.807) is 19.1 Å². The number of urea groups is 1. The van der Waals surface area contributed by atoms with Gasteiger partial charge in [-0.25, -0.2) is 4.79 Å². The lowest BCUT2D eigenvalue weighted by atomic mass is 9.88. The lowest BCUT2D eigenvalue weighted by Gasteiger charge is -2.38. The largest absolute Gasteiger partial charge is 0.493 e. The van der Waals surface area contributed by atoms with Crippen molar-refractivity contribution in [2.75, 3.05) is 27.3 Å². The molecule has 1 heterocycles. The first kappa shape index (κ1) is 19.5. The summed E-state index contributed by atoms with van der Waals surface area (Å²) in [5.41, 5.74) is 3.05. The quantitative estimate of drug-likeness (QED) is 0.800. The second kappa shape index (κ2) is 8.65. The van der Waals surface area contributed by atoms with Crippen molar-refractivity contribution >= 4 is 12.0 Å². The number of ether oxygens (including phenoxy) is 2. The molecule has 0 aliphatic carbocycles. The number of hydrogen-bond acceptors (Lipinski definition) is 4. The van der Waals surface area contributed by atoms with Gasteiger partial charge in [0.25, 0.3) is 0 Å². The molecule has 0 fully saturated rings. The van der Waals surface area contributed by atoms with Crippen molar-refractivity contribution in [2.24, 2.45) is 0 Å². The summed E-state index contributed by atoms with van der Waals surface area (Å²) in [5.74, 6) is 0.323. The van der Waals surface area contributed by atoms with Gasteiger partial charge in [-0.1, -0.05) is 30.3 Å². The molecule has 0 radical (unpaired) electrons. The van der Waals surface area contributed by atoms with Gasteiger partial charge in [0, 0.05) is 13.1 Å². The van der Waals surface area contributed by atoms with Crippen LogP contribution in [0.3, 0.4) is 0 Å². The minimum Gasteiger partial charge on any atom is -0.493 e. The van der Waals surface area contributed by atoms with Gasteiger partial charge >= 0.3 is 12.0 Å². The summed E-state index contributed by atoms with van der Waals surface area (Å²) >= 11 is 0. The number of rotatable bonds is 6. The van der Waals surface area contributed by atoms with Crippen LogP contribution in [0.15, 0.2) is 42.5 Å². The maximum Gasteiger partial charge on any atom is 0.318 e. The molecule has 1 aliphatic rings. The average molecular weight is 384 g/mol. The molecule has 0 bridgehead atoms. The van der Waals surface area contributed by atoms with Crippen LogP contribution >= 0.6 is 0 Å². The molecule has 0 saturated heterocycles. The molecule has 2 amide bonds. The maximum atomic E-state index is 12.8.